The number of anilines is 2. The average molecular weight is 279 g/mol. The van der Waals surface area contributed by atoms with E-state index in [1.165, 1.54) is 13.2 Å². The Morgan fingerprint density at radius 1 is 1.45 bits per heavy atom. The van der Waals surface area contributed by atoms with E-state index in [-0.39, 0.29) is 5.91 Å². The van der Waals surface area contributed by atoms with E-state index in [1.54, 1.807) is 31.0 Å². The lowest BCUT2D eigenvalue weighted by atomic mass is 10.1. The number of nitrogens with zero attached hydrogens (tertiary/aromatic N) is 1. The molecule has 0 aliphatic rings. The number of carbonyl (C=O) groups excluding carboxylic acids is 2. The number of hydrogen-bond acceptors (Lipinski definition) is 5. The first-order chi connectivity index (χ1) is 9.40. The summed E-state index contributed by atoms with van der Waals surface area (Å²) in [5.41, 5.74) is 7.26. The Morgan fingerprint density at radius 3 is 2.60 bits per heavy atom. The number of nitrogens with two attached hydrogens (primary N) is 1. The number of esters is 1. The van der Waals surface area contributed by atoms with Gasteiger partial charge in [-0.2, -0.15) is 0 Å². The van der Waals surface area contributed by atoms with Gasteiger partial charge in [-0.1, -0.05) is 0 Å². The molecule has 1 aromatic carbocycles. The molecule has 0 spiro atoms. The summed E-state index contributed by atoms with van der Waals surface area (Å²) in [6.07, 6.45) is 0. The molecule has 0 bridgehead atoms. The third kappa shape index (κ3) is 3.63. The molecule has 0 radical (unpaired) electrons. The number of amides is 1. The summed E-state index contributed by atoms with van der Waals surface area (Å²) in [5, 5.41) is 3.04. The van der Waals surface area contributed by atoms with Crippen molar-refractivity contribution >= 4 is 23.3 Å². The van der Waals surface area contributed by atoms with Crippen molar-refractivity contribution in [3.63, 3.8) is 0 Å². The first-order valence-corrected chi connectivity index (χ1v) is 6.40. The van der Waals surface area contributed by atoms with Crippen LogP contribution in [-0.4, -0.2) is 43.5 Å². The van der Waals surface area contributed by atoms with Gasteiger partial charge in [0, 0.05) is 13.6 Å². The zero-order chi connectivity index (χ0) is 15.3. The van der Waals surface area contributed by atoms with Crippen LogP contribution in [0.3, 0.4) is 0 Å². The van der Waals surface area contributed by atoms with Crippen LogP contribution in [0.15, 0.2) is 18.2 Å². The molecule has 0 saturated carbocycles. The standard InChI is InChI=1S/C14H21N3O3/c1-5-17(3)13(18)9(2)16-12-7-6-10(8-11(12)15)14(19)20-4/h6-9,16H,5,15H2,1-4H3. The van der Waals surface area contributed by atoms with E-state index in [1.807, 2.05) is 6.92 Å². The quantitative estimate of drug-likeness (QED) is 0.627. The van der Waals surface area contributed by atoms with Gasteiger partial charge in [0.2, 0.25) is 5.91 Å². The molecular formula is C14H21N3O3. The number of nitrogens with one attached hydrogen (secondary N) is 1. The first kappa shape index (κ1) is 15.8. The Morgan fingerprint density at radius 2 is 2.10 bits per heavy atom. The molecule has 6 nitrogen and oxygen atoms in total. The first-order valence-electron chi connectivity index (χ1n) is 6.40. The van der Waals surface area contributed by atoms with E-state index in [0.717, 1.165) is 0 Å². The van der Waals surface area contributed by atoms with Crippen LogP contribution in [0.25, 0.3) is 0 Å². The number of benzene rings is 1. The maximum Gasteiger partial charge on any atom is 0.337 e. The van der Waals surface area contributed by atoms with Crippen molar-refractivity contribution < 1.29 is 14.3 Å². The molecule has 1 unspecified atom stereocenters. The van der Waals surface area contributed by atoms with Crippen molar-refractivity contribution in [3.05, 3.63) is 23.8 Å². The van der Waals surface area contributed by atoms with Crippen LogP contribution in [0.2, 0.25) is 0 Å². The van der Waals surface area contributed by atoms with Gasteiger partial charge in [0.15, 0.2) is 0 Å². The number of methoxy groups -OCH3 is 1. The van der Waals surface area contributed by atoms with Gasteiger partial charge in [0.05, 0.1) is 24.0 Å². The minimum Gasteiger partial charge on any atom is -0.465 e. The molecule has 20 heavy (non-hydrogen) atoms. The highest BCUT2D eigenvalue weighted by Gasteiger charge is 2.17. The Hall–Kier alpha value is -2.24. The molecule has 0 aromatic heterocycles. The van der Waals surface area contributed by atoms with E-state index in [2.05, 4.69) is 10.1 Å². The van der Waals surface area contributed by atoms with E-state index in [4.69, 9.17) is 5.73 Å². The van der Waals surface area contributed by atoms with Gasteiger partial charge in [-0.25, -0.2) is 4.79 Å². The molecule has 0 saturated heterocycles. The van der Waals surface area contributed by atoms with Crippen molar-refractivity contribution in [1.29, 1.82) is 0 Å². The molecule has 1 atom stereocenters. The Bertz CT molecular complexity index is 502. The van der Waals surface area contributed by atoms with Crippen LogP contribution in [-0.2, 0) is 9.53 Å². The van der Waals surface area contributed by atoms with Gasteiger partial charge >= 0.3 is 5.97 Å². The Labute approximate surface area is 118 Å². The fourth-order valence-electron chi connectivity index (χ4n) is 1.72. The lowest BCUT2D eigenvalue weighted by Gasteiger charge is -2.22. The Kier molecular flexibility index (Phi) is 5.37. The Balaban J connectivity index is 2.83. The van der Waals surface area contributed by atoms with E-state index < -0.39 is 12.0 Å². The molecular weight excluding hydrogens is 258 g/mol. The summed E-state index contributed by atoms with van der Waals surface area (Å²) in [6, 6.07) is 4.39. The summed E-state index contributed by atoms with van der Waals surface area (Å²) in [4.78, 5) is 25.0. The molecule has 0 aliphatic carbocycles. The molecule has 0 fully saturated rings. The van der Waals surface area contributed by atoms with Crippen LogP contribution in [0, 0.1) is 0 Å². The third-order valence-corrected chi connectivity index (χ3v) is 3.07. The fraction of sp³-hybridized carbons (Fsp3) is 0.429. The van der Waals surface area contributed by atoms with Crippen LogP contribution >= 0.6 is 0 Å². The molecule has 110 valence electrons. The number of likely N-dealkylation sites (N-methyl/N-ethyl adjacent to an activating group) is 1. The SMILES string of the molecule is CCN(C)C(=O)C(C)Nc1ccc(C(=O)OC)cc1N. The highest BCUT2D eigenvalue weighted by molar-refractivity contribution is 5.92. The number of nitrogen functional groups attached to an aromatic ring is 1. The largest absolute Gasteiger partial charge is 0.465 e. The van der Waals surface area contributed by atoms with Crippen LogP contribution in [0.1, 0.15) is 24.2 Å². The van der Waals surface area contributed by atoms with Crippen molar-refractivity contribution in [2.45, 2.75) is 19.9 Å². The number of ether oxygens (including phenoxy) is 1. The second-order valence-electron chi connectivity index (χ2n) is 4.51. The second-order valence-corrected chi connectivity index (χ2v) is 4.51. The summed E-state index contributed by atoms with van der Waals surface area (Å²) in [7, 11) is 3.05. The van der Waals surface area contributed by atoms with Crippen molar-refractivity contribution in [2.75, 3.05) is 31.8 Å². The molecule has 0 heterocycles. The number of hydrogen-bond donors (Lipinski definition) is 2. The second kappa shape index (κ2) is 6.79. The maximum atomic E-state index is 12.0. The number of rotatable bonds is 5. The van der Waals surface area contributed by atoms with Crippen LogP contribution < -0.4 is 11.1 Å². The molecule has 1 amide bonds. The molecule has 1 rings (SSSR count). The molecule has 1 aromatic rings. The lowest BCUT2D eigenvalue weighted by molar-refractivity contribution is -0.130. The van der Waals surface area contributed by atoms with Gasteiger partial charge in [-0.05, 0) is 32.0 Å². The van der Waals surface area contributed by atoms with Crippen LogP contribution in [0.5, 0.6) is 0 Å². The topological polar surface area (TPSA) is 84.7 Å². The van der Waals surface area contributed by atoms with Crippen molar-refractivity contribution in [3.8, 4) is 0 Å². The third-order valence-electron chi connectivity index (χ3n) is 3.07. The summed E-state index contributed by atoms with van der Waals surface area (Å²) < 4.78 is 4.62. The molecule has 0 aliphatic heterocycles. The minimum atomic E-state index is -0.446. The van der Waals surface area contributed by atoms with E-state index in [9.17, 15) is 9.59 Å². The van der Waals surface area contributed by atoms with Crippen LogP contribution in [0.4, 0.5) is 11.4 Å². The van der Waals surface area contributed by atoms with Crippen molar-refractivity contribution in [2.24, 2.45) is 0 Å². The predicted octanol–water partition coefficient (Wildman–Crippen LogP) is 1.33. The predicted molar refractivity (Wildman–Crippen MR) is 78.6 cm³/mol. The van der Waals surface area contributed by atoms with E-state index >= 15 is 0 Å². The van der Waals surface area contributed by atoms with E-state index in [0.29, 0.717) is 23.5 Å². The zero-order valence-electron chi connectivity index (χ0n) is 12.3. The van der Waals surface area contributed by atoms with Gasteiger partial charge in [-0.3, -0.25) is 4.79 Å². The van der Waals surface area contributed by atoms with Crippen molar-refractivity contribution in [1.82, 2.24) is 4.90 Å². The van der Waals surface area contributed by atoms with Gasteiger partial charge in [0.1, 0.15) is 6.04 Å². The summed E-state index contributed by atoms with van der Waals surface area (Å²) in [6.45, 7) is 4.31. The summed E-state index contributed by atoms with van der Waals surface area (Å²) >= 11 is 0. The molecule has 3 N–H and O–H groups in total. The smallest absolute Gasteiger partial charge is 0.337 e. The van der Waals surface area contributed by atoms with Gasteiger partial charge in [-0.15, -0.1) is 0 Å². The van der Waals surface area contributed by atoms with Gasteiger partial charge in [0.25, 0.3) is 0 Å². The molecule has 6 heteroatoms. The highest BCUT2D eigenvalue weighted by atomic mass is 16.5. The maximum absolute atomic E-state index is 12.0. The number of carbonyl (C=O) groups is 2. The normalized spacial score (nSPS) is 11.6. The highest BCUT2D eigenvalue weighted by Crippen LogP contribution is 2.21. The summed E-state index contributed by atoms with van der Waals surface area (Å²) in [5.74, 6) is -0.470. The zero-order valence-corrected chi connectivity index (χ0v) is 12.3. The monoisotopic (exact) mass is 279 g/mol. The van der Waals surface area contributed by atoms with Gasteiger partial charge < -0.3 is 20.7 Å². The lowest BCUT2D eigenvalue weighted by Crippen LogP contribution is -2.38. The minimum absolute atomic E-state index is 0.0241. The average Bonchev–Trinajstić information content (AvgIpc) is 2.46. The fourth-order valence-corrected chi connectivity index (χ4v) is 1.72.